The number of fused-ring (bicyclic) bond motifs is 12. The Bertz CT molecular complexity index is 5910. The van der Waals surface area contributed by atoms with Crippen LogP contribution in [0.5, 0.6) is 0 Å². The summed E-state index contributed by atoms with van der Waals surface area (Å²) in [4.78, 5) is 5.29. The molecule has 0 spiro atoms. The zero-order chi connectivity index (χ0) is 74.7. The minimum Gasteiger partial charge on any atom is -0.311 e. The molecule has 0 atom stereocenters. The molecule has 534 valence electrons. The number of benzene rings is 12. The molecule has 4 heterocycles. The number of hydrogen-bond acceptors (Lipinski definition) is 2. The summed E-state index contributed by atoms with van der Waals surface area (Å²) in [5, 5.41) is 5.08. The first-order valence-electron chi connectivity index (χ1n) is 39.5. The lowest BCUT2D eigenvalue weighted by Gasteiger charge is -2.44. The second-order valence-electron chi connectivity index (χ2n) is 38.2. The van der Waals surface area contributed by atoms with Gasteiger partial charge in [-0.15, -0.1) is 0 Å². The van der Waals surface area contributed by atoms with E-state index in [4.69, 9.17) is 0 Å². The van der Waals surface area contributed by atoms with Crippen molar-refractivity contribution in [2.75, 3.05) is 9.80 Å². The Morgan fingerprint density at radius 2 is 0.654 bits per heavy atom. The maximum absolute atomic E-state index is 2.66. The Kier molecular flexibility index (Phi) is 15.2. The molecule has 0 amide bonds. The van der Waals surface area contributed by atoms with Crippen molar-refractivity contribution in [1.82, 2.24) is 9.13 Å². The highest BCUT2D eigenvalue weighted by Crippen LogP contribution is 2.53. The van der Waals surface area contributed by atoms with E-state index in [1.165, 1.54) is 181 Å². The second-order valence-corrected chi connectivity index (χ2v) is 38.2. The van der Waals surface area contributed by atoms with Crippen molar-refractivity contribution >= 4 is 101 Å². The summed E-state index contributed by atoms with van der Waals surface area (Å²) in [7, 11) is 0. The molecule has 0 unspecified atom stereocenters. The first-order valence-corrected chi connectivity index (χ1v) is 39.5. The SMILES string of the molecule is Cc1ccc2c(c1)c1cc(C)ccc1n2-c1cc2c3c(c1)N(c1ccc(-c4ccc5c(c4)C(C)(C)CCC5(C)C)cc1)c1cc(-n4c5ccc(C(C)(C)C)cc5c5cc(C(C)(C)C)ccc54)ccc1B3c1cc(-c3cccc(C(C)(C)C)c3)ccc1N2c1ccc(-c2ccc3c(c2)C(C)(C)CCC3(C)C)cc1. The highest BCUT2D eigenvalue weighted by molar-refractivity contribution is 7.00. The van der Waals surface area contributed by atoms with Crippen LogP contribution in [-0.4, -0.2) is 15.8 Å². The van der Waals surface area contributed by atoms with Crippen molar-refractivity contribution in [3.8, 4) is 44.8 Å². The van der Waals surface area contributed by atoms with Crippen molar-refractivity contribution in [1.29, 1.82) is 0 Å². The van der Waals surface area contributed by atoms with Gasteiger partial charge in [0.25, 0.3) is 6.71 Å². The number of hydrogen-bond donors (Lipinski definition) is 0. The van der Waals surface area contributed by atoms with Crippen LogP contribution >= 0.6 is 0 Å². The van der Waals surface area contributed by atoms with Gasteiger partial charge in [-0.05, 0) is 269 Å². The first-order chi connectivity index (χ1) is 50.7. The van der Waals surface area contributed by atoms with Gasteiger partial charge in [-0.2, -0.15) is 0 Å². The van der Waals surface area contributed by atoms with Crippen LogP contribution in [0, 0.1) is 13.8 Å². The summed E-state index contributed by atoms with van der Waals surface area (Å²) in [5.74, 6) is 0. The van der Waals surface area contributed by atoms with Crippen LogP contribution in [-0.2, 0) is 37.9 Å². The minimum absolute atomic E-state index is 0.0326. The molecule has 0 saturated carbocycles. The predicted molar refractivity (Wildman–Crippen MR) is 462 cm³/mol. The fraction of sp³-hybridized carbons (Fsp3) is 0.294. The van der Waals surface area contributed by atoms with Crippen LogP contribution < -0.4 is 26.2 Å². The van der Waals surface area contributed by atoms with E-state index in [2.05, 4.69) is 381 Å². The van der Waals surface area contributed by atoms with E-state index >= 15 is 0 Å². The number of aromatic nitrogens is 2. The van der Waals surface area contributed by atoms with Gasteiger partial charge in [0.1, 0.15) is 0 Å². The molecule has 0 radical (unpaired) electrons. The molecule has 0 fully saturated rings. The molecule has 4 aliphatic rings. The maximum Gasteiger partial charge on any atom is 0.252 e. The summed E-state index contributed by atoms with van der Waals surface area (Å²) in [6.45, 7) is 44.8. The quantitative estimate of drug-likeness (QED) is 0.148. The van der Waals surface area contributed by atoms with E-state index in [0.29, 0.717) is 0 Å². The van der Waals surface area contributed by atoms with Crippen LogP contribution in [0.25, 0.3) is 88.4 Å². The Morgan fingerprint density at radius 1 is 0.280 bits per heavy atom. The van der Waals surface area contributed by atoms with Gasteiger partial charge >= 0.3 is 0 Å². The van der Waals surface area contributed by atoms with Gasteiger partial charge in [0.2, 0.25) is 0 Å². The number of nitrogens with zero attached hydrogens (tertiary/aromatic N) is 4. The lowest BCUT2D eigenvalue weighted by molar-refractivity contribution is 0.332. The fourth-order valence-electron chi connectivity index (χ4n) is 19.0. The van der Waals surface area contributed by atoms with Crippen LogP contribution in [0.4, 0.5) is 34.1 Å². The lowest BCUT2D eigenvalue weighted by Crippen LogP contribution is -2.61. The largest absolute Gasteiger partial charge is 0.311 e. The molecule has 2 aliphatic carbocycles. The molecule has 18 rings (SSSR count). The first kappa shape index (κ1) is 68.7. The molecule has 4 nitrogen and oxygen atoms in total. The van der Waals surface area contributed by atoms with E-state index < -0.39 is 0 Å². The van der Waals surface area contributed by atoms with Gasteiger partial charge in [0, 0.05) is 61.4 Å². The van der Waals surface area contributed by atoms with Gasteiger partial charge in [0.05, 0.1) is 27.8 Å². The van der Waals surface area contributed by atoms with Gasteiger partial charge in [0.15, 0.2) is 0 Å². The maximum atomic E-state index is 2.66. The number of aryl methyl sites for hydroxylation is 2. The van der Waals surface area contributed by atoms with Crippen LogP contribution in [0.1, 0.15) is 193 Å². The molecule has 0 N–H and O–H groups in total. The monoisotopic (exact) mass is 1390 g/mol. The third-order valence-corrected chi connectivity index (χ3v) is 25.8. The van der Waals surface area contributed by atoms with Crippen LogP contribution in [0.3, 0.4) is 0 Å². The summed E-state index contributed by atoms with van der Waals surface area (Å²) in [6, 6.07) is 91.9. The molecule has 12 aromatic carbocycles. The Hall–Kier alpha value is -10.1. The standard InChI is InChI=1S/C102H103BN4/c1-62-23-42-87-77(51-62)78-52-63(2)24-43-88(78)107(87)76-60-93-95-94(61-76)105(74-36-27-65(28-37-74)68-30-40-82-84(55-68)102(18,19)50-48-100(82,14)15)92-59-75(106-89-45-32-71(97(6,7)8)57-79(89)80-58-72(98(9,10)11)33-46-90(80)106)38-41-85(92)103(95)86-56-69(66-21-20-22-70(53-66)96(3,4)5)31-44-91(86)104(93)73-34-25-64(26-35-73)67-29-39-81-83(54-67)101(16,17)49-47-99(81,12)13/h20-46,51-61H,47-50H2,1-19H3. The van der Waals surface area contributed by atoms with Crippen LogP contribution in [0.2, 0.25) is 0 Å². The Labute approximate surface area is 636 Å². The van der Waals surface area contributed by atoms with Gasteiger partial charge in [-0.1, -0.05) is 256 Å². The van der Waals surface area contributed by atoms with Gasteiger partial charge < -0.3 is 18.9 Å². The molecule has 0 bridgehead atoms. The second kappa shape index (κ2) is 23.7. The van der Waals surface area contributed by atoms with Gasteiger partial charge in [-0.25, -0.2) is 0 Å². The van der Waals surface area contributed by atoms with Crippen molar-refractivity contribution in [3.63, 3.8) is 0 Å². The van der Waals surface area contributed by atoms with Crippen molar-refractivity contribution in [2.24, 2.45) is 0 Å². The summed E-state index contributed by atoms with van der Waals surface area (Å²) in [5.41, 5.74) is 37.8. The van der Waals surface area contributed by atoms with Crippen molar-refractivity contribution in [3.05, 3.63) is 281 Å². The zero-order valence-electron chi connectivity index (χ0n) is 66.6. The van der Waals surface area contributed by atoms with E-state index in [0.717, 1.165) is 34.1 Å². The molecular weight excluding hydrogens is 1290 g/mol. The van der Waals surface area contributed by atoms with Crippen molar-refractivity contribution in [2.45, 2.75) is 195 Å². The molecule has 5 heteroatoms. The highest BCUT2D eigenvalue weighted by Gasteiger charge is 2.46. The average Bonchev–Trinajstić information content (AvgIpc) is 1.62. The topological polar surface area (TPSA) is 16.3 Å². The zero-order valence-corrected chi connectivity index (χ0v) is 66.6. The van der Waals surface area contributed by atoms with Gasteiger partial charge in [-0.3, -0.25) is 0 Å². The molecule has 2 aliphatic heterocycles. The van der Waals surface area contributed by atoms with E-state index in [-0.39, 0.29) is 44.6 Å². The summed E-state index contributed by atoms with van der Waals surface area (Å²) >= 11 is 0. The molecule has 2 aromatic heterocycles. The lowest BCUT2D eigenvalue weighted by atomic mass is 9.33. The minimum atomic E-state index is -0.179. The third kappa shape index (κ3) is 11.1. The van der Waals surface area contributed by atoms with E-state index in [1.807, 2.05) is 0 Å². The molecule has 14 aromatic rings. The van der Waals surface area contributed by atoms with E-state index in [9.17, 15) is 0 Å². The van der Waals surface area contributed by atoms with Crippen molar-refractivity contribution < 1.29 is 0 Å². The molecule has 0 saturated heterocycles. The van der Waals surface area contributed by atoms with Crippen LogP contribution in [0.15, 0.2) is 231 Å². The normalized spacial score (nSPS) is 16.3. The summed E-state index contributed by atoms with van der Waals surface area (Å²) < 4.78 is 5.13. The van der Waals surface area contributed by atoms with E-state index in [1.54, 1.807) is 0 Å². The Morgan fingerprint density at radius 3 is 1.13 bits per heavy atom. The molecular formula is C102H103BN4. The fourth-order valence-corrected chi connectivity index (χ4v) is 19.0. The summed E-state index contributed by atoms with van der Waals surface area (Å²) in [6.07, 6.45) is 4.71. The smallest absolute Gasteiger partial charge is 0.252 e. The number of rotatable bonds is 7. The highest BCUT2D eigenvalue weighted by atomic mass is 15.2. The third-order valence-electron chi connectivity index (χ3n) is 25.8. The predicted octanol–water partition coefficient (Wildman–Crippen LogP) is 26.2. The average molecular weight is 1400 g/mol. The number of anilines is 6. The Balaban J connectivity index is 0.932. The molecule has 107 heavy (non-hydrogen) atoms.